The summed E-state index contributed by atoms with van der Waals surface area (Å²) in [6, 6.07) is 4.89. The lowest BCUT2D eigenvalue weighted by Crippen LogP contribution is -2.51. The number of aliphatic imine (C=N–C) groups is 1. The van der Waals surface area contributed by atoms with Gasteiger partial charge in [0.15, 0.2) is 5.54 Å². The number of carbonyl (C=O) groups is 1. The fourth-order valence-corrected chi connectivity index (χ4v) is 5.54. The molecule has 2 unspecified atom stereocenters. The lowest BCUT2D eigenvalue weighted by molar-refractivity contribution is -0.137. The molecule has 2 aliphatic carbocycles. The van der Waals surface area contributed by atoms with Gasteiger partial charge in [-0.25, -0.2) is 9.38 Å². The number of hydrogen-bond acceptors (Lipinski definition) is 3. The molecule has 4 rings (SSSR count). The van der Waals surface area contributed by atoms with Gasteiger partial charge in [-0.15, -0.1) is 0 Å². The highest BCUT2D eigenvalue weighted by Crippen LogP contribution is 2.62. The van der Waals surface area contributed by atoms with Crippen LogP contribution >= 0.6 is 0 Å². The van der Waals surface area contributed by atoms with Crippen molar-refractivity contribution in [3.63, 3.8) is 0 Å². The van der Waals surface area contributed by atoms with E-state index in [1.165, 1.54) is 6.07 Å². The van der Waals surface area contributed by atoms with Crippen molar-refractivity contribution in [3.05, 3.63) is 35.1 Å². The first kappa shape index (κ1) is 18.6. The van der Waals surface area contributed by atoms with Gasteiger partial charge in [-0.05, 0) is 61.8 Å². The highest BCUT2D eigenvalue weighted by molar-refractivity contribution is 6.10. The van der Waals surface area contributed by atoms with Gasteiger partial charge in [0.1, 0.15) is 11.7 Å². The van der Waals surface area contributed by atoms with Crippen LogP contribution in [0.4, 0.5) is 4.39 Å². The molecule has 0 N–H and O–H groups in total. The van der Waals surface area contributed by atoms with Gasteiger partial charge in [-0.1, -0.05) is 19.9 Å². The zero-order chi connectivity index (χ0) is 19.4. The molecule has 2 atom stereocenters. The van der Waals surface area contributed by atoms with E-state index in [1.807, 2.05) is 7.05 Å². The molecule has 0 radical (unpaired) electrons. The van der Waals surface area contributed by atoms with Crippen LogP contribution in [0.3, 0.4) is 0 Å². The second kappa shape index (κ2) is 6.40. The number of hydrogen-bond donors (Lipinski definition) is 0. The van der Waals surface area contributed by atoms with E-state index in [0.717, 1.165) is 49.1 Å². The van der Waals surface area contributed by atoms with Crippen molar-refractivity contribution in [1.82, 2.24) is 4.90 Å². The summed E-state index contributed by atoms with van der Waals surface area (Å²) in [5.41, 5.74) is 0.678. The molecule has 1 fully saturated rings. The van der Waals surface area contributed by atoms with Crippen LogP contribution in [-0.4, -0.2) is 36.9 Å². The number of carbonyl (C=O) groups excluding carboxylic acids is 1. The van der Waals surface area contributed by atoms with Crippen molar-refractivity contribution in [2.24, 2.45) is 16.3 Å². The van der Waals surface area contributed by atoms with Crippen LogP contribution in [0.25, 0.3) is 0 Å². The molecule has 1 aromatic rings. The summed E-state index contributed by atoms with van der Waals surface area (Å²) in [7, 11) is 3.60. The largest absolute Gasteiger partial charge is 0.381 e. The summed E-state index contributed by atoms with van der Waals surface area (Å²) in [4.78, 5) is 20.7. The maximum absolute atomic E-state index is 14.0. The Morgan fingerprint density at radius 1 is 1.37 bits per heavy atom. The smallest absolute Gasteiger partial charge is 0.260 e. The summed E-state index contributed by atoms with van der Waals surface area (Å²) in [6.07, 6.45) is 5.46. The second-order valence-electron chi connectivity index (χ2n) is 8.55. The monoisotopic (exact) mass is 372 g/mol. The van der Waals surface area contributed by atoms with Crippen molar-refractivity contribution in [2.45, 2.75) is 64.0 Å². The Bertz CT molecular complexity index is 798. The SMILES string of the molecule is CCC(C)C1=NC2(C(=O)N1C)c1ccc(F)cc1CC21CCC(OC)CC1. The molecular formula is C22H29FN2O2. The molecule has 2 spiro atoms. The molecule has 1 amide bonds. The molecule has 0 aromatic heterocycles. The number of amides is 1. The Hall–Kier alpha value is -1.75. The van der Waals surface area contributed by atoms with Gasteiger partial charge in [0, 0.05) is 25.5 Å². The molecule has 1 heterocycles. The van der Waals surface area contributed by atoms with E-state index in [2.05, 4.69) is 13.8 Å². The van der Waals surface area contributed by atoms with Crippen LogP contribution < -0.4 is 0 Å². The lowest BCUT2D eigenvalue weighted by atomic mass is 9.61. The van der Waals surface area contributed by atoms with Crippen LogP contribution in [0.5, 0.6) is 0 Å². The number of methoxy groups -OCH3 is 1. The average Bonchev–Trinajstić information content (AvgIpc) is 3.09. The summed E-state index contributed by atoms with van der Waals surface area (Å²) < 4.78 is 19.6. The summed E-state index contributed by atoms with van der Waals surface area (Å²) in [5.74, 6) is 0.901. The summed E-state index contributed by atoms with van der Waals surface area (Å²) in [5, 5.41) is 0. The van der Waals surface area contributed by atoms with Gasteiger partial charge in [0.2, 0.25) is 0 Å². The molecule has 1 saturated carbocycles. The van der Waals surface area contributed by atoms with Gasteiger partial charge < -0.3 is 9.64 Å². The third-order valence-electron chi connectivity index (χ3n) is 7.27. The minimum absolute atomic E-state index is 0.0547. The molecule has 27 heavy (non-hydrogen) atoms. The summed E-state index contributed by atoms with van der Waals surface area (Å²) in [6.45, 7) is 4.24. The van der Waals surface area contributed by atoms with Crippen molar-refractivity contribution in [3.8, 4) is 0 Å². The van der Waals surface area contributed by atoms with E-state index in [1.54, 1.807) is 24.1 Å². The third kappa shape index (κ3) is 2.43. The fourth-order valence-electron chi connectivity index (χ4n) is 5.54. The molecule has 0 bridgehead atoms. The molecule has 0 saturated heterocycles. The Morgan fingerprint density at radius 3 is 2.70 bits per heavy atom. The third-order valence-corrected chi connectivity index (χ3v) is 7.27. The van der Waals surface area contributed by atoms with Crippen molar-refractivity contribution < 1.29 is 13.9 Å². The summed E-state index contributed by atoms with van der Waals surface area (Å²) >= 11 is 0. The van der Waals surface area contributed by atoms with Crippen molar-refractivity contribution in [1.29, 1.82) is 0 Å². The Labute approximate surface area is 160 Å². The van der Waals surface area contributed by atoms with E-state index in [4.69, 9.17) is 9.73 Å². The van der Waals surface area contributed by atoms with Gasteiger partial charge in [0.25, 0.3) is 5.91 Å². The Balaban J connectivity index is 1.89. The molecule has 1 aliphatic heterocycles. The number of amidine groups is 1. The number of ether oxygens (including phenoxy) is 1. The van der Waals surface area contributed by atoms with Crippen LogP contribution in [0.1, 0.15) is 57.1 Å². The Kier molecular flexibility index (Phi) is 4.41. The first-order chi connectivity index (χ1) is 12.9. The topological polar surface area (TPSA) is 41.9 Å². The van der Waals surface area contributed by atoms with Gasteiger partial charge in [-0.2, -0.15) is 0 Å². The van der Waals surface area contributed by atoms with Crippen molar-refractivity contribution in [2.75, 3.05) is 14.2 Å². The maximum atomic E-state index is 14.0. The fraction of sp³-hybridized carbons (Fsp3) is 0.636. The van der Waals surface area contributed by atoms with Crippen molar-refractivity contribution >= 4 is 11.7 Å². The minimum atomic E-state index is -0.901. The zero-order valence-electron chi connectivity index (χ0n) is 16.7. The van der Waals surface area contributed by atoms with Crippen LogP contribution in [0, 0.1) is 17.2 Å². The quantitative estimate of drug-likeness (QED) is 0.803. The maximum Gasteiger partial charge on any atom is 0.260 e. The number of halogens is 1. The predicted octanol–water partition coefficient (Wildman–Crippen LogP) is 4.07. The van der Waals surface area contributed by atoms with E-state index < -0.39 is 5.54 Å². The Morgan fingerprint density at radius 2 is 2.07 bits per heavy atom. The van der Waals surface area contributed by atoms with E-state index >= 15 is 0 Å². The number of rotatable bonds is 3. The van der Waals surface area contributed by atoms with Crippen LogP contribution in [-0.2, 0) is 21.5 Å². The van der Waals surface area contributed by atoms with E-state index in [9.17, 15) is 9.18 Å². The molecule has 4 nitrogen and oxygen atoms in total. The second-order valence-corrected chi connectivity index (χ2v) is 8.55. The van der Waals surface area contributed by atoms with Gasteiger partial charge in [-0.3, -0.25) is 4.79 Å². The van der Waals surface area contributed by atoms with Gasteiger partial charge in [0.05, 0.1) is 6.10 Å². The number of fused-ring (bicyclic) bond motifs is 3. The number of nitrogens with zero attached hydrogens (tertiary/aromatic N) is 2. The minimum Gasteiger partial charge on any atom is -0.381 e. The number of benzene rings is 1. The molecule has 5 heteroatoms. The van der Waals surface area contributed by atoms with Gasteiger partial charge >= 0.3 is 0 Å². The highest BCUT2D eigenvalue weighted by atomic mass is 19.1. The zero-order valence-corrected chi connectivity index (χ0v) is 16.7. The first-order valence-electron chi connectivity index (χ1n) is 10.1. The molecular weight excluding hydrogens is 343 g/mol. The van der Waals surface area contributed by atoms with E-state index in [0.29, 0.717) is 6.42 Å². The standard InChI is InChI=1S/C22H29FN2O2/c1-5-14(2)19-24-22(20(26)25(19)3)18-7-6-16(23)12-15(18)13-21(22)10-8-17(27-4)9-11-21/h6-7,12,14,17H,5,8-11,13H2,1-4H3. The normalized spacial score (nSPS) is 33.7. The molecule has 146 valence electrons. The van der Waals surface area contributed by atoms with Crippen LogP contribution in [0.2, 0.25) is 0 Å². The first-order valence-corrected chi connectivity index (χ1v) is 10.1. The molecule has 3 aliphatic rings. The lowest BCUT2D eigenvalue weighted by Gasteiger charge is -2.45. The number of likely N-dealkylation sites (N-methyl/N-ethyl adjacent to an activating group) is 1. The average molecular weight is 372 g/mol. The van der Waals surface area contributed by atoms with E-state index in [-0.39, 0.29) is 29.2 Å². The predicted molar refractivity (Wildman–Crippen MR) is 103 cm³/mol. The highest BCUT2D eigenvalue weighted by Gasteiger charge is 2.66. The molecule has 1 aromatic carbocycles. The van der Waals surface area contributed by atoms with Crippen LogP contribution in [0.15, 0.2) is 23.2 Å².